The minimum Gasteiger partial charge on any atom is -0.468 e. The molecule has 0 aliphatic carbocycles. The Morgan fingerprint density at radius 2 is 2.50 bits per heavy atom. The molecule has 0 aromatic heterocycles. The third-order valence-corrected chi connectivity index (χ3v) is 2.60. The largest absolute Gasteiger partial charge is 0.468 e. The molecule has 1 rings (SSSR count). The molecule has 1 saturated heterocycles. The minimum absolute atomic E-state index is 0.0926. The van der Waals surface area contributed by atoms with Crippen LogP contribution >= 0.6 is 11.8 Å². The van der Waals surface area contributed by atoms with Gasteiger partial charge in [0.25, 0.3) is 0 Å². The summed E-state index contributed by atoms with van der Waals surface area (Å²) in [6, 6.07) is -0.0926. The van der Waals surface area contributed by atoms with Crippen molar-refractivity contribution >= 4 is 17.7 Å². The Morgan fingerprint density at radius 3 is 2.90 bits per heavy atom. The zero-order valence-corrected chi connectivity index (χ0v) is 6.90. The lowest BCUT2D eigenvalue weighted by Gasteiger charge is -2.06. The number of rotatable bonds is 1. The van der Waals surface area contributed by atoms with Crippen LogP contribution in [0.1, 0.15) is 6.92 Å². The van der Waals surface area contributed by atoms with E-state index in [1.54, 1.807) is 11.8 Å². The summed E-state index contributed by atoms with van der Waals surface area (Å²) in [6.07, 6.45) is 0. The molecule has 1 heterocycles. The van der Waals surface area contributed by atoms with Crippen molar-refractivity contribution in [1.29, 1.82) is 0 Å². The molecule has 0 unspecified atom stereocenters. The molecule has 0 aromatic rings. The first kappa shape index (κ1) is 7.88. The van der Waals surface area contributed by atoms with Crippen molar-refractivity contribution in [2.45, 2.75) is 18.3 Å². The Bertz CT molecular complexity index is 140. The van der Waals surface area contributed by atoms with Crippen LogP contribution in [-0.4, -0.2) is 30.2 Å². The Hall–Kier alpha value is -0.220. The number of carbonyl (C=O) groups is 1. The average molecular weight is 161 g/mol. The molecule has 4 heteroatoms. The van der Waals surface area contributed by atoms with E-state index in [-0.39, 0.29) is 12.0 Å². The predicted molar refractivity (Wildman–Crippen MR) is 40.9 cm³/mol. The van der Waals surface area contributed by atoms with Crippen molar-refractivity contribution in [3.8, 4) is 0 Å². The number of carbonyl (C=O) groups excluding carboxylic acids is 1. The lowest BCUT2D eigenvalue weighted by atomic mass is 10.3. The van der Waals surface area contributed by atoms with Crippen LogP contribution in [0.4, 0.5) is 0 Å². The van der Waals surface area contributed by atoms with Gasteiger partial charge in [0.1, 0.15) is 6.04 Å². The molecule has 3 nitrogen and oxygen atoms in total. The van der Waals surface area contributed by atoms with Crippen LogP contribution in [0.5, 0.6) is 0 Å². The van der Waals surface area contributed by atoms with E-state index in [0.717, 1.165) is 5.75 Å². The number of hydrogen-bond acceptors (Lipinski definition) is 4. The highest BCUT2D eigenvalue weighted by atomic mass is 32.2. The van der Waals surface area contributed by atoms with Gasteiger partial charge in [-0.15, -0.1) is 11.8 Å². The maximum absolute atomic E-state index is 10.9. The summed E-state index contributed by atoms with van der Waals surface area (Å²) < 4.78 is 4.57. The number of methoxy groups -OCH3 is 1. The first-order valence-corrected chi connectivity index (χ1v) is 4.24. The highest BCUT2D eigenvalue weighted by Crippen LogP contribution is 2.17. The van der Waals surface area contributed by atoms with E-state index in [1.165, 1.54) is 7.11 Å². The standard InChI is InChI=1S/C6H11NO2S/c1-4-7-5(3-10-4)6(8)9-2/h4-5,7H,3H2,1-2H3/t4-,5-/m1/s1. The lowest BCUT2D eigenvalue weighted by molar-refractivity contribution is -0.142. The molecular weight excluding hydrogens is 150 g/mol. The fourth-order valence-electron chi connectivity index (χ4n) is 0.898. The number of esters is 1. The first-order valence-electron chi connectivity index (χ1n) is 3.19. The predicted octanol–water partition coefficient (Wildman–Crippen LogP) is 0.210. The molecule has 0 bridgehead atoms. The van der Waals surface area contributed by atoms with Crippen LogP contribution in [0.15, 0.2) is 0 Å². The Kier molecular flexibility index (Phi) is 2.56. The molecule has 0 radical (unpaired) electrons. The molecule has 1 aliphatic rings. The molecule has 10 heavy (non-hydrogen) atoms. The normalized spacial score (nSPS) is 32.2. The van der Waals surface area contributed by atoms with Gasteiger partial charge < -0.3 is 4.74 Å². The van der Waals surface area contributed by atoms with Gasteiger partial charge in [0.05, 0.1) is 12.5 Å². The van der Waals surface area contributed by atoms with Crippen LogP contribution < -0.4 is 5.32 Å². The highest BCUT2D eigenvalue weighted by Gasteiger charge is 2.27. The van der Waals surface area contributed by atoms with Crippen molar-refractivity contribution in [2.75, 3.05) is 12.9 Å². The quantitative estimate of drug-likeness (QED) is 0.558. The monoisotopic (exact) mass is 161 g/mol. The lowest BCUT2D eigenvalue weighted by Crippen LogP contribution is -2.36. The van der Waals surface area contributed by atoms with Crippen LogP contribution in [0.25, 0.3) is 0 Å². The van der Waals surface area contributed by atoms with Gasteiger partial charge in [0, 0.05) is 5.75 Å². The molecule has 0 saturated carbocycles. The van der Waals surface area contributed by atoms with Crippen LogP contribution in [0.2, 0.25) is 0 Å². The van der Waals surface area contributed by atoms with E-state index in [2.05, 4.69) is 10.1 Å². The maximum atomic E-state index is 10.9. The Balaban J connectivity index is 2.37. The summed E-state index contributed by atoms with van der Waals surface area (Å²) in [5.74, 6) is 0.672. The second kappa shape index (κ2) is 3.25. The number of nitrogens with one attached hydrogen (secondary N) is 1. The number of ether oxygens (including phenoxy) is 1. The fraction of sp³-hybridized carbons (Fsp3) is 0.833. The van der Waals surface area contributed by atoms with Crippen molar-refractivity contribution in [3.63, 3.8) is 0 Å². The van der Waals surface area contributed by atoms with E-state index in [1.807, 2.05) is 6.92 Å². The van der Waals surface area contributed by atoms with Crippen LogP contribution in [-0.2, 0) is 9.53 Å². The molecule has 0 amide bonds. The third kappa shape index (κ3) is 1.64. The SMILES string of the molecule is COC(=O)[C@H]1CS[C@H](C)N1. The summed E-state index contributed by atoms with van der Waals surface area (Å²) in [5.41, 5.74) is 0. The van der Waals surface area contributed by atoms with Crippen molar-refractivity contribution in [2.24, 2.45) is 0 Å². The molecular formula is C6H11NO2S. The Labute approximate surface area is 64.5 Å². The van der Waals surface area contributed by atoms with Gasteiger partial charge in [-0.05, 0) is 6.92 Å². The average Bonchev–Trinajstić information content (AvgIpc) is 2.34. The summed E-state index contributed by atoms with van der Waals surface area (Å²) >= 11 is 1.74. The molecule has 1 fully saturated rings. The minimum atomic E-state index is -0.156. The van der Waals surface area contributed by atoms with Gasteiger partial charge in [0.2, 0.25) is 0 Å². The number of hydrogen-bond donors (Lipinski definition) is 1. The van der Waals surface area contributed by atoms with Gasteiger partial charge in [-0.25, -0.2) is 0 Å². The van der Waals surface area contributed by atoms with Gasteiger partial charge in [0.15, 0.2) is 0 Å². The summed E-state index contributed by atoms with van der Waals surface area (Å²) in [4.78, 5) is 10.9. The van der Waals surface area contributed by atoms with Crippen molar-refractivity contribution in [1.82, 2.24) is 5.32 Å². The fourth-order valence-corrected chi connectivity index (χ4v) is 1.87. The number of thioether (sulfide) groups is 1. The van der Waals surface area contributed by atoms with Gasteiger partial charge in [-0.2, -0.15) is 0 Å². The van der Waals surface area contributed by atoms with Gasteiger partial charge in [-0.3, -0.25) is 10.1 Å². The highest BCUT2D eigenvalue weighted by molar-refractivity contribution is 8.00. The first-order chi connectivity index (χ1) is 4.74. The summed E-state index contributed by atoms with van der Waals surface area (Å²) in [5, 5.41) is 3.47. The van der Waals surface area contributed by atoms with E-state index in [9.17, 15) is 4.79 Å². The topological polar surface area (TPSA) is 38.3 Å². The zero-order chi connectivity index (χ0) is 7.56. The van der Waals surface area contributed by atoms with Gasteiger partial charge in [-0.1, -0.05) is 0 Å². The van der Waals surface area contributed by atoms with Crippen molar-refractivity contribution < 1.29 is 9.53 Å². The third-order valence-electron chi connectivity index (χ3n) is 1.43. The van der Waals surface area contributed by atoms with Crippen molar-refractivity contribution in [3.05, 3.63) is 0 Å². The summed E-state index contributed by atoms with van der Waals surface area (Å²) in [6.45, 7) is 2.04. The molecule has 0 spiro atoms. The van der Waals surface area contributed by atoms with E-state index in [0.29, 0.717) is 5.37 Å². The second-order valence-electron chi connectivity index (χ2n) is 2.22. The van der Waals surface area contributed by atoms with Crippen LogP contribution in [0, 0.1) is 0 Å². The van der Waals surface area contributed by atoms with Crippen LogP contribution in [0.3, 0.4) is 0 Å². The molecule has 0 aromatic carbocycles. The van der Waals surface area contributed by atoms with E-state index in [4.69, 9.17) is 0 Å². The zero-order valence-electron chi connectivity index (χ0n) is 6.09. The molecule has 1 aliphatic heterocycles. The molecule has 2 atom stereocenters. The smallest absolute Gasteiger partial charge is 0.323 e. The summed E-state index contributed by atoms with van der Waals surface area (Å²) in [7, 11) is 1.41. The van der Waals surface area contributed by atoms with Gasteiger partial charge >= 0.3 is 5.97 Å². The molecule has 1 N–H and O–H groups in total. The van der Waals surface area contributed by atoms with E-state index < -0.39 is 0 Å². The Morgan fingerprint density at radius 1 is 1.80 bits per heavy atom. The second-order valence-corrected chi connectivity index (χ2v) is 3.59. The van der Waals surface area contributed by atoms with E-state index >= 15 is 0 Å². The molecule has 58 valence electrons. The maximum Gasteiger partial charge on any atom is 0.323 e.